The van der Waals surface area contributed by atoms with E-state index in [1.165, 1.54) is 0 Å². The third-order valence-electron chi connectivity index (χ3n) is 3.38. The van der Waals surface area contributed by atoms with E-state index in [4.69, 9.17) is 17.3 Å². The van der Waals surface area contributed by atoms with Crippen molar-refractivity contribution in [3.63, 3.8) is 0 Å². The van der Waals surface area contributed by atoms with Crippen LogP contribution in [0.2, 0.25) is 5.02 Å². The molecule has 0 aliphatic heterocycles. The summed E-state index contributed by atoms with van der Waals surface area (Å²) in [4.78, 5) is 12.6. The van der Waals surface area contributed by atoms with Crippen molar-refractivity contribution in [1.82, 2.24) is 0 Å². The molecule has 0 heterocycles. The maximum absolute atomic E-state index is 12.6. The molecule has 0 saturated carbocycles. The van der Waals surface area contributed by atoms with Crippen LogP contribution in [0.1, 0.15) is 19.4 Å². The Kier molecular flexibility index (Phi) is 4.78. The van der Waals surface area contributed by atoms with E-state index >= 15 is 0 Å². The molecule has 5 heteroatoms. The van der Waals surface area contributed by atoms with Crippen molar-refractivity contribution >= 4 is 51.5 Å². The van der Waals surface area contributed by atoms with E-state index in [1.807, 2.05) is 32.0 Å². The highest BCUT2D eigenvalue weighted by Crippen LogP contribution is 2.28. The lowest BCUT2D eigenvalue weighted by molar-refractivity contribution is -0.120. The summed E-state index contributed by atoms with van der Waals surface area (Å²) in [6.07, 6.45) is 0. The van der Waals surface area contributed by atoms with Gasteiger partial charge >= 0.3 is 0 Å². The molecule has 3 nitrogen and oxygen atoms in total. The SMILES string of the molecule is CC(C)(C(=O)Nc1ccc(Cl)cc1I)c1ccc(N)cc1. The van der Waals surface area contributed by atoms with Gasteiger partial charge in [0.05, 0.1) is 11.1 Å². The van der Waals surface area contributed by atoms with Crippen molar-refractivity contribution in [3.05, 3.63) is 56.6 Å². The third-order valence-corrected chi connectivity index (χ3v) is 4.51. The van der Waals surface area contributed by atoms with Crippen molar-refractivity contribution in [1.29, 1.82) is 0 Å². The van der Waals surface area contributed by atoms with Gasteiger partial charge in [0.15, 0.2) is 0 Å². The summed E-state index contributed by atoms with van der Waals surface area (Å²) in [6.45, 7) is 3.77. The van der Waals surface area contributed by atoms with Crippen LogP contribution in [0.15, 0.2) is 42.5 Å². The van der Waals surface area contributed by atoms with Crippen molar-refractivity contribution < 1.29 is 4.79 Å². The van der Waals surface area contributed by atoms with Crippen LogP contribution in [-0.2, 0) is 10.2 Å². The maximum Gasteiger partial charge on any atom is 0.234 e. The monoisotopic (exact) mass is 414 g/mol. The Morgan fingerprint density at radius 3 is 2.38 bits per heavy atom. The lowest BCUT2D eigenvalue weighted by Crippen LogP contribution is -2.34. The number of rotatable bonds is 3. The van der Waals surface area contributed by atoms with E-state index < -0.39 is 5.41 Å². The molecule has 0 atom stereocenters. The van der Waals surface area contributed by atoms with Crippen LogP contribution >= 0.6 is 34.2 Å². The van der Waals surface area contributed by atoms with Gasteiger partial charge in [-0.1, -0.05) is 23.7 Å². The standard InChI is InChI=1S/C16H16ClIN2O/c1-16(2,10-3-6-12(19)7-4-10)15(21)20-14-8-5-11(17)9-13(14)18/h3-9H,19H2,1-2H3,(H,20,21). The van der Waals surface area contributed by atoms with Crippen LogP contribution in [-0.4, -0.2) is 5.91 Å². The summed E-state index contributed by atoms with van der Waals surface area (Å²) in [5.74, 6) is -0.0764. The summed E-state index contributed by atoms with van der Waals surface area (Å²) in [6, 6.07) is 12.7. The molecule has 2 rings (SSSR count). The Morgan fingerprint density at radius 2 is 1.81 bits per heavy atom. The minimum absolute atomic E-state index is 0.0764. The molecule has 0 aromatic heterocycles. The number of amides is 1. The normalized spacial score (nSPS) is 11.2. The highest BCUT2D eigenvalue weighted by Gasteiger charge is 2.30. The number of carbonyl (C=O) groups excluding carboxylic acids is 1. The minimum Gasteiger partial charge on any atom is -0.399 e. The fourth-order valence-electron chi connectivity index (χ4n) is 1.90. The number of halogens is 2. The first kappa shape index (κ1) is 16.1. The van der Waals surface area contributed by atoms with Gasteiger partial charge in [-0.15, -0.1) is 0 Å². The number of carbonyl (C=O) groups is 1. The zero-order chi connectivity index (χ0) is 15.6. The van der Waals surface area contributed by atoms with Crippen LogP contribution < -0.4 is 11.1 Å². The van der Waals surface area contributed by atoms with Gasteiger partial charge in [0, 0.05) is 14.3 Å². The average Bonchev–Trinajstić information content (AvgIpc) is 2.42. The summed E-state index contributed by atoms with van der Waals surface area (Å²) in [7, 11) is 0. The van der Waals surface area contributed by atoms with Crippen molar-refractivity contribution in [2.75, 3.05) is 11.1 Å². The van der Waals surface area contributed by atoms with Crippen LogP contribution in [0.4, 0.5) is 11.4 Å². The predicted molar refractivity (Wildman–Crippen MR) is 96.7 cm³/mol. The molecule has 0 aliphatic rings. The smallest absolute Gasteiger partial charge is 0.234 e. The molecular weight excluding hydrogens is 399 g/mol. The second-order valence-electron chi connectivity index (χ2n) is 5.33. The molecule has 0 radical (unpaired) electrons. The second-order valence-corrected chi connectivity index (χ2v) is 6.92. The molecule has 0 spiro atoms. The Labute approximate surface area is 143 Å². The van der Waals surface area contributed by atoms with Crippen molar-refractivity contribution in [2.24, 2.45) is 0 Å². The van der Waals surface area contributed by atoms with Gasteiger partial charge in [-0.25, -0.2) is 0 Å². The van der Waals surface area contributed by atoms with E-state index in [-0.39, 0.29) is 5.91 Å². The summed E-state index contributed by atoms with van der Waals surface area (Å²) in [5.41, 5.74) is 7.39. The van der Waals surface area contributed by atoms with Gasteiger partial charge in [-0.05, 0) is 72.3 Å². The minimum atomic E-state index is -0.656. The van der Waals surface area contributed by atoms with Crippen LogP contribution in [0.25, 0.3) is 0 Å². The number of hydrogen-bond acceptors (Lipinski definition) is 2. The zero-order valence-corrected chi connectivity index (χ0v) is 14.7. The molecule has 2 aromatic carbocycles. The first-order chi connectivity index (χ1) is 9.80. The van der Waals surface area contributed by atoms with E-state index in [2.05, 4.69) is 27.9 Å². The number of nitrogen functional groups attached to an aromatic ring is 1. The Balaban J connectivity index is 2.24. The number of anilines is 2. The summed E-state index contributed by atoms with van der Waals surface area (Å²) >= 11 is 8.08. The first-order valence-electron chi connectivity index (χ1n) is 6.43. The fourth-order valence-corrected chi connectivity index (χ4v) is 2.91. The van der Waals surface area contributed by atoms with Gasteiger partial charge in [0.1, 0.15) is 0 Å². The van der Waals surface area contributed by atoms with E-state index in [1.54, 1.807) is 24.3 Å². The molecule has 0 aliphatic carbocycles. The van der Waals surface area contributed by atoms with E-state index in [0.717, 1.165) is 14.8 Å². The Morgan fingerprint density at radius 1 is 1.19 bits per heavy atom. The lowest BCUT2D eigenvalue weighted by atomic mass is 9.83. The summed E-state index contributed by atoms with van der Waals surface area (Å²) in [5, 5.41) is 3.60. The second kappa shape index (κ2) is 6.23. The molecule has 21 heavy (non-hydrogen) atoms. The summed E-state index contributed by atoms with van der Waals surface area (Å²) < 4.78 is 0.904. The number of benzene rings is 2. The predicted octanol–water partition coefficient (Wildman–Crippen LogP) is 4.44. The largest absolute Gasteiger partial charge is 0.399 e. The highest BCUT2D eigenvalue weighted by atomic mass is 127. The molecular formula is C16H16ClIN2O. The number of hydrogen-bond donors (Lipinski definition) is 2. The average molecular weight is 415 g/mol. The molecule has 3 N–H and O–H groups in total. The molecule has 0 fully saturated rings. The number of nitrogens with two attached hydrogens (primary N) is 1. The Hall–Kier alpha value is -1.27. The molecule has 0 bridgehead atoms. The Bertz CT molecular complexity index is 668. The van der Waals surface area contributed by atoms with Crippen molar-refractivity contribution in [3.8, 4) is 0 Å². The molecule has 110 valence electrons. The van der Waals surface area contributed by atoms with Gasteiger partial charge in [0.2, 0.25) is 5.91 Å². The van der Waals surface area contributed by atoms with Gasteiger partial charge < -0.3 is 11.1 Å². The fraction of sp³-hybridized carbons (Fsp3) is 0.188. The molecule has 0 saturated heterocycles. The highest BCUT2D eigenvalue weighted by molar-refractivity contribution is 14.1. The van der Waals surface area contributed by atoms with Crippen LogP contribution in [0.3, 0.4) is 0 Å². The lowest BCUT2D eigenvalue weighted by Gasteiger charge is -2.24. The van der Waals surface area contributed by atoms with Crippen molar-refractivity contribution in [2.45, 2.75) is 19.3 Å². The van der Waals surface area contributed by atoms with Crippen LogP contribution in [0.5, 0.6) is 0 Å². The molecule has 1 amide bonds. The topological polar surface area (TPSA) is 55.1 Å². The maximum atomic E-state index is 12.6. The van der Waals surface area contributed by atoms with Gasteiger partial charge in [-0.2, -0.15) is 0 Å². The van der Waals surface area contributed by atoms with E-state index in [9.17, 15) is 4.79 Å². The molecule has 2 aromatic rings. The number of nitrogens with one attached hydrogen (secondary N) is 1. The zero-order valence-electron chi connectivity index (χ0n) is 11.8. The van der Waals surface area contributed by atoms with Gasteiger partial charge in [-0.3, -0.25) is 4.79 Å². The third kappa shape index (κ3) is 3.68. The van der Waals surface area contributed by atoms with Crippen LogP contribution in [0, 0.1) is 3.57 Å². The first-order valence-corrected chi connectivity index (χ1v) is 7.89. The van der Waals surface area contributed by atoms with Gasteiger partial charge in [0.25, 0.3) is 0 Å². The molecule has 0 unspecified atom stereocenters. The van der Waals surface area contributed by atoms with E-state index in [0.29, 0.717) is 10.7 Å². The quantitative estimate of drug-likeness (QED) is 0.576.